The van der Waals surface area contributed by atoms with Crippen LogP contribution in [0.4, 0.5) is 5.69 Å². The SMILES string of the molecule is CSc1ccsc1/C(C)=N\OC(=O)c1ccc([N+](=O)[O-])cc1. The lowest BCUT2D eigenvalue weighted by Crippen LogP contribution is -2.03. The summed E-state index contributed by atoms with van der Waals surface area (Å²) in [4.78, 5) is 28.8. The summed E-state index contributed by atoms with van der Waals surface area (Å²) in [6.45, 7) is 1.76. The van der Waals surface area contributed by atoms with Gasteiger partial charge in [-0.2, -0.15) is 0 Å². The van der Waals surface area contributed by atoms with E-state index in [1.807, 2.05) is 17.7 Å². The maximum absolute atomic E-state index is 11.9. The average molecular weight is 336 g/mol. The summed E-state index contributed by atoms with van der Waals surface area (Å²) in [5.74, 6) is -0.656. The number of thiophene rings is 1. The van der Waals surface area contributed by atoms with Crippen molar-refractivity contribution in [3.63, 3.8) is 0 Å². The van der Waals surface area contributed by atoms with Crippen LogP contribution in [0.5, 0.6) is 0 Å². The minimum absolute atomic E-state index is 0.0839. The fourth-order valence-corrected chi connectivity index (χ4v) is 3.40. The van der Waals surface area contributed by atoms with Crippen LogP contribution < -0.4 is 0 Å². The van der Waals surface area contributed by atoms with Crippen molar-refractivity contribution in [1.82, 2.24) is 0 Å². The summed E-state index contributed by atoms with van der Waals surface area (Å²) in [6, 6.07) is 7.14. The third-order valence-corrected chi connectivity index (χ3v) is 4.69. The van der Waals surface area contributed by atoms with Crippen molar-refractivity contribution in [2.75, 3.05) is 6.26 Å². The highest BCUT2D eigenvalue weighted by Crippen LogP contribution is 2.26. The van der Waals surface area contributed by atoms with Gasteiger partial charge in [0.25, 0.3) is 5.69 Å². The first-order valence-electron chi connectivity index (χ1n) is 6.15. The molecule has 0 aliphatic rings. The van der Waals surface area contributed by atoms with Crippen molar-refractivity contribution < 1.29 is 14.6 Å². The first-order valence-corrected chi connectivity index (χ1v) is 8.25. The fraction of sp³-hybridized carbons (Fsp3) is 0.143. The molecule has 114 valence electrons. The van der Waals surface area contributed by atoms with Gasteiger partial charge in [-0.15, -0.1) is 23.1 Å². The number of non-ortho nitro benzene ring substituents is 1. The smallest absolute Gasteiger partial charge is 0.313 e. The Balaban J connectivity index is 2.08. The highest BCUT2D eigenvalue weighted by molar-refractivity contribution is 7.98. The van der Waals surface area contributed by atoms with Gasteiger partial charge in [0.2, 0.25) is 0 Å². The lowest BCUT2D eigenvalue weighted by molar-refractivity contribution is -0.384. The molecule has 0 radical (unpaired) electrons. The third-order valence-electron chi connectivity index (χ3n) is 2.76. The number of thioether (sulfide) groups is 1. The van der Waals surface area contributed by atoms with Gasteiger partial charge in [-0.05, 0) is 36.8 Å². The van der Waals surface area contributed by atoms with Crippen LogP contribution in [0.25, 0.3) is 0 Å². The molecule has 2 aromatic rings. The molecule has 1 aromatic carbocycles. The molecule has 1 heterocycles. The van der Waals surface area contributed by atoms with Crippen LogP contribution >= 0.6 is 23.1 Å². The Morgan fingerprint density at radius 1 is 1.32 bits per heavy atom. The summed E-state index contributed by atoms with van der Waals surface area (Å²) < 4.78 is 0. The molecule has 8 heteroatoms. The molecule has 0 N–H and O–H groups in total. The zero-order valence-corrected chi connectivity index (χ0v) is 13.4. The summed E-state index contributed by atoms with van der Waals surface area (Å²) >= 11 is 3.11. The zero-order chi connectivity index (χ0) is 16.1. The van der Waals surface area contributed by atoms with Crippen LogP contribution in [0.2, 0.25) is 0 Å². The Kier molecular flexibility index (Phi) is 5.29. The van der Waals surface area contributed by atoms with E-state index in [9.17, 15) is 14.9 Å². The molecule has 2 rings (SSSR count). The fourth-order valence-electron chi connectivity index (χ4n) is 1.65. The largest absolute Gasteiger partial charge is 0.365 e. The number of nitro benzene ring substituents is 1. The number of benzene rings is 1. The Morgan fingerprint density at radius 2 is 2.00 bits per heavy atom. The predicted molar refractivity (Wildman–Crippen MR) is 86.8 cm³/mol. The van der Waals surface area contributed by atoms with Crippen molar-refractivity contribution in [1.29, 1.82) is 0 Å². The quantitative estimate of drug-likeness (QED) is 0.271. The zero-order valence-electron chi connectivity index (χ0n) is 11.8. The molecule has 0 saturated carbocycles. The second-order valence-electron chi connectivity index (χ2n) is 4.18. The predicted octanol–water partition coefficient (Wildman–Crippen LogP) is 3.96. The van der Waals surface area contributed by atoms with Crippen LogP contribution in [0.1, 0.15) is 22.2 Å². The van der Waals surface area contributed by atoms with E-state index in [2.05, 4.69) is 5.16 Å². The lowest BCUT2D eigenvalue weighted by Gasteiger charge is -2.01. The molecule has 0 unspecified atom stereocenters. The maximum Gasteiger partial charge on any atom is 0.365 e. The number of rotatable bonds is 5. The van der Waals surface area contributed by atoms with Gasteiger partial charge in [-0.3, -0.25) is 10.1 Å². The first kappa shape index (κ1) is 16.2. The maximum atomic E-state index is 11.9. The number of nitrogens with zero attached hydrogens (tertiary/aromatic N) is 2. The van der Waals surface area contributed by atoms with Gasteiger partial charge in [-0.1, -0.05) is 5.16 Å². The standard InChI is InChI=1S/C14H12N2O4S2/c1-9(13-12(21-2)7-8-22-13)15-20-14(17)10-3-5-11(6-4-10)16(18)19/h3-8H,1-2H3/b15-9-. The van der Waals surface area contributed by atoms with E-state index in [0.717, 1.165) is 9.77 Å². The van der Waals surface area contributed by atoms with E-state index in [0.29, 0.717) is 5.71 Å². The number of nitro groups is 1. The van der Waals surface area contributed by atoms with Crippen molar-refractivity contribution in [2.45, 2.75) is 11.8 Å². The van der Waals surface area contributed by atoms with Crippen LogP contribution in [0.15, 0.2) is 45.8 Å². The summed E-state index contributed by atoms with van der Waals surface area (Å²) in [5, 5.41) is 16.3. The van der Waals surface area contributed by atoms with Crippen LogP contribution in [-0.4, -0.2) is 22.9 Å². The van der Waals surface area contributed by atoms with Crippen molar-refractivity contribution in [3.05, 3.63) is 56.3 Å². The highest BCUT2D eigenvalue weighted by atomic mass is 32.2. The third kappa shape index (κ3) is 3.71. The van der Waals surface area contributed by atoms with Gasteiger partial charge in [0.1, 0.15) is 0 Å². The molecule has 0 aliphatic heterocycles. The molecule has 22 heavy (non-hydrogen) atoms. The van der Waals surface area contributed by atoms with E-state index < -0.39 is 10.9 Å². The Morgan fingerprint density at radius 3 is 2.59 bits per heavy atom. The molecule has 0 aliphatic carbocycles. The van der Waals surface area contributed by atoms with Gasteiger partial charge in [-0.25, -0.2) is 4.79 Å². The first-order chi connectivity index (χ1) is 10.5. The Labute approximate surface area is 134 Å². The van der Waals surface area contributed by atoms with Gasteiger partial charge >= 0.3 is 5.97 Å². The molecular formula is C14H12N2O4S2. The minimum Gasteiger partial charge on any atom is -0.313 e. The molecule has 0 atom stereocenters. The molecule has 1 aromatic heterocycles. The molecule has 0 saturated heterocycles. The second-order valence-corrected chi connectivity index (χ2v) is 5.94. The molecule has 0 amide bonds. The number of carbonyl (C=O) groups excluding carboxylic acids is 1. The van der Waals surface area contributed by atoms with E-state index in [4.69, 9.17) is 4.84 Å². The van der Waals surface area contributed by atoms with E-state index in [1.165, 1.54) is 35.6 Å². The Hall–Kier alpha value is -2.19. The van der Waals surface area contributed by atoms with Crippen molar-refractivity contribution in [3.8, 4) is 0 Å². The normalized spacial score (nSPS) is 11.3. The molecule has 6 nitrogen and oxygen atoms in total. The minimum atomic E-state index is -0.656. The molecular weight excluding hydrogens is 324 g/mol. The van der Waals surface area contributed by atoms with Gasteiger partial charge in [0, 0.05) is 17.0 Å². The highest BCUT2D eigenvalue weighted by Gasteiger charge is 2.12. The number of carbonyl (C=O) groups is 1. The van der Waals surface area contributed by atoms with E-state index in [-0.39, 0.29) is 11.3 Å². The van der Waals surface area contributed by atoms with Crippen LogP contribution in [-0.2, 0) is 4.84 Å². The van der Waals surface area contributed by atoms with Crippen LogP contribution in [0, 0.1) is 10.1 Å². The van der Waals surface area contributed by atoms with Crippen LogP contribution in [0.3, 0.4) is 0 Å². The second kappa shape index (κ2) is 7.19. The average Bonchev–Trinajstić information content (AvgIpc) is 3.01. The van der Waals surface area contributed by atoms with Gasteiger partial charge < -0.3 is 4.84 Å². The summed E-state index contributed by atoms with van der Waals surface area (Å²) in [7, 11) is 0. The van der Waals surface area contributed by atoms with E-state index >= 15 is 0 Å². The number of oxime groups is 1. The molecule has 0 bridgehead atoms. The Bertz CT molecular complexity index is 723. The summed E-state index contributed by atoms with van der Waals surface area (Å²) in [5.41, 5.74) is 0.729. The summed E-state index contributed by atoms with van der Waals surface area (Å²) in [6.07, 6.45) is 1.96. The number of hydrogen-bond donors (Lipinski definition) is 0. The van der Waals surface area contributed by atoms with Crippen molar-refractivity contribution in [2.24, 2.45) is 5.16 Å². The topological polar surface area (TPSA) is 81.8 Å². The van der Waals surface area contributed by atoms with Gasteiger partial charge in [0.15, 0.2) is 0 Å². The number of hydrogen-bond acceptors (Lipinski definition) is 7. The van der Waals surface area contributed by atoms with Gasteiger partial charge in [0.05, 0.1) is 21.1 Å². The molecule has 0 fully saturated rings. The van der Waals surface area contributed by atoms with Crippen molar-refractivity contribution >= 4 is 40.5 Å². The lowest BCUT2D eigenvalue weighted by atomic mass is 10.2. The monoisotopic (exact) mass is 336 g/mol. The van der Waals surface area contributed by atoms with E-state index in [1.54, 1.807) is 18.7 Å². The molecule has 0 spiro atoms.